The summed E-state index contributed by atoms with van der Waals surface area (Å²) >= 11 is 1.71. The highest BCUT2D eigenvalue weighted by Gasteiger charge is 2.26. The predicted octanol–water partition coefficient (Wildman–Crippen LogP) is 2.23. The summed E-state index contributed by atoms with van der Waals surface area (Å²) < 4.78 is 0. The zero-order valence-electron chi connectivity index (χ0n) is 11.1. The Kier molecular flexibility index (Phi) is 7.16. The number of carboxylic acid groups (broad SMARTS) is 1. The van der Waals surface area contributed by atoms with Gasteiger partial charge < -0.3 is 10.0 Å². The third kappa shape index (κ3) is 5.76. The first kappa shape index (κ1) is 15.3. The highest BCUT2D eigenvalue weighted by Crippen LogP contribution is 2.21. The Balaban J connectivity index is 2.16. The maximum atomic E-state index is 11.9. The zero-order chi connectivity index (χ0) is 13.4. The minimum absolute atomic E-state index is 0.217. The van der Waals surface area contributed by atoms with E-state index in [-0.39, 0.29) is 12.3 Å². The normalized spacial score (nSPS) is 19.2. The molecule has 1 amide bonds. The lowest BCUT2D eigenvalue weighted by atomic mass is 10.0. The number of rotatable bonds is 8. The van der Waals surface area contributed by atoms with Gasteiger partial charge in [-0.15, -0.1) is 0 Å². The van der Waals surface area contributed by atoms with Crippen molar-refractivity contribution in [3.63, 3.8) is 0 Å². The molecule has 0 spiro atoms. The number of amides is 1. The van der Waals surface area contributed by atoms with E-state index in [0.29, 0.717) is 18.1 Å². The standard InChI is InChI=1S/C13H23NO3S/c1-2-3-8-18-10-12(15)14-7-6-11(9-14)4-5-13(16)17/h11H,2-10H2,1H3,(H,16,17). The Hall–Kier alpha value is -0.710. The summed E-state index contributed by atoms with van der Waals surface area (Å²) in [6, 6.07) is 0. The number of carboxylic acids is 1. The van der Waals surface area contributed by atoms with Gasteiger partial charge in [0, 0.05) is 19.5 Å². The highest BCUT2D eigenvalue weighted by atomic mass is 32.2. The fraction of sp³-hybridized carbons (Fsp3) is 0.846. The van der Waals surface area contributed by atoms with Gasteiger partial charge in [-0.2, -0.15) is 11.8 Å². The minimum atomic E-state index is -0.741. The summed E-state index contributed by atoms with van der Waals surface area (Å²) in [5.41, 5.74) is 0. The van der Waals surface area contributed by atoms with Gasteiger partial charge in [-0.25, -0.2) is 0 Å². The summed E-state index contributed by atoms with van der Waals surface area (Å²) in [4.78, 5) is 24.3. The van der Waals surface area contributed by atoms with Crippen molar-refractivity contribution in [2.45, 2.75) is 39.0 Å². The van der Waals surface area contributed by atoms with Gasteiger partial charge in [0.2, 0.25) is 5.91 Å². The lowest BCUT2D eigenvalue weighted by Crippen LogP contribution is -2.30. The molecule has 0 aromatic heterocycles. The molecule has 1 atom stereocenters. The molecule has 18 heavy (non-hydrogen) atoms. The molecule has 0 aromatic carbocycles. The number of carbonyl (C=O) groups excluding carboxylic acids is 1. The van der Waals surface area contributed by atoms with Crippen molar-refractivity contribution in [3.05, 3.63) is 0 Å². The van der Waals surface area contributed by atoms with E-state index < -0.39 is 5.97 Å². The van der Waals surface area contributed by atoms with Gasteiger partial charge in [-0.05, 0) is 30.9 Å². The van der Waals surface area contributed by atoms with Crippen molar-refractivity contribution < 1.29 is 14.7 Å². The molecule has 1 N–H and O–H groups in total. The summed E-state index contributed by atoms with van der Waals surface area (Å²) in [5.74, 6) is 1.49. The van der Waals surface area contributed by atoms with E-state index in [1.54, 1.807) is 11.8 Å². The van der Waals surface area contributed by atoms with Crippen LogP contribution in [0.3, 0.4) is 0 Å². The quantitative estimate of drug-likeness (QED) is 0.689. The van der Waals surface area contributed by atoms with E-state index in [4.69, 9.17) is 5.11 Å². The van der Waals surface area contributed by atoms with E-state index in [0.717, 1.165) is 25.3 Å². The minimum Gasteiger partial charge on any atom is -0.481 e. The predicted molar refractivity (Wildman–Crippen MR) is 73.8 cm³/mol. The maximum Gasteiger partial charge on any atom is 0.303 e. The fourth-order valence-electron chi connectivity index (χ4n) is 2.12. The van der Waals surface area contributed by atoms with Crippen LogP contribution in [-0.4, -0.2) is 46.5 Å². The van der Waals surface area contributed by atoms with Crippen LogP contribution in [0.5, 0.6) is 0 Å². The van der Waals surface area contributed by atoms with Crippen molar-refractivity contribution in [1.29, 1.82) is 0 Å². The molecule has 5 heteroatoms. The van der Waals surface area contributed by atoms with Crippen LogP contribution in [0.1, 0.15) is 39.0 Å². The Labute approximate surface area is 113 Å². The number of nitrogens with zero attached hydrogens (tertiary/aromatic N) is 1. The second kappa shape index (κ2) is 8.40. The number of unbranched alkanes of at least 4 members (excludes halogenated alkanes) is 1. The van der Waals surface area contributed by atoms with E-state index in [9.17, 15) is 9.59 Å². The molecule has 1 unspecified atom stereocenters. The van der Waals surface area contributed by atoms with Gasteiger partial charge in [-0.3, -0.25) is 9.59 Å². The summed E-state index contributed by atoms with van der Waals surface area (Å²) in [5, 5.41) is 8.63. The monoisotopic (exact) mass is 273 g/mol. The molecule has 0 aromatic rings. The van der Waals surface area contributed by atoms with Crippen LogP contribution in [0, 0.1) is 5.92 Å². The van der Waals surface area contributed by atoms with E-state index in [1.165, 1.54) is 12.8 Å². The second-order valence-electron chi connectivity index (χ2n) is 4.83. The first-order valence-electron chi connectivity index (χ1n) is 6.70. The number of hydrogen-bond acceptors (Lipinski definition) is 3. The van der Waals surface area contributed by atoms with Gasteiger partial charge in [0.1, 0.15) is 0 Å². The van der Waals surface area contributed by atoms with Gasteiger partial charge in [-0.1, -0.05) is 13.3 Å². The van der Waals surface area contributed by atoms with Crippen LogP contribution in [-0.2, 0) is 9.59 Å². The average molecular weight is 273 g/mol. The third-order valence-electron chi connectivity index (χ3n) is 3.27. The van der Waals surface area contributed by atoms with Gasteiger partial charge >= 0.3 is 5.97 Å². The molecule has 0 saturated carbocycles. The summed E-state index contributed by atoms with van der Waals surface area (Å²) in [7, 11) is 0. The molecular formula is C13H23NO3S. The third-order valence-corrected chi connectivity index (χ3v) is 4.30. The Morgan fingerprint density at radius 3 is 2.89 bits per heavy atom. The van der Waals surface area contributed by atoms with Crippen LogP contribution in [0.4, 0.5) is 0 Å². The number of carbonyl (C=O) groups is 2. The molecule has 1 rings (SSSR count). The Bertz CT molecular complexity index is 283. The lowest BCUT2D eigenvalue weighted by molar-refractivity contribution is -0.137. The molecule has 1 aliphatic rings. The summed E-state index contributed by atoms with van der Waals surface area (Å²) in [6.07, 6.45) is 4.21. The average Bonchev–Trinajstić information content (AvgIpc) is 2.80. The fourth-order valence-corrected chi connectivity index (χ4v) is 3.11. The van der Waals surface area contributed by atoms with E-state index in [2.05, 4.69) is 6.92 Å². The second-order valence-corrected chi connectivity index (χ2v) is 5.94. The first-order valence-corrected chi connectivity index (χ1v) is 7.86. The molecule has 1 saturated heterocycles. The smallest absolute Gasteiger partial charge is 0.303 e. The molecule has 4 nitrogen and oxygen atoms in total. The number of aliphatic carboxylic acids is 1. The molecule has 0 aliphatic carbocycles. The zero-order valence-corrected chi connectivity index (χ0v) is 11.9. The first-order chi connectivity index (χ1) is 8.63. The van der Waals surface area contributed by atoms with Crippen LogP contribution in [0.25, 0.3) is 0 Å². The van der Waals surface area contributed by atoms with Crippen molar-refractivity contribution in [3.8, 4) is 0 Å². The Morgan fingerprint density at radius 1 is 1.44 bits per heavy atom. The number of thioether (sulfide) groups is 1. The number of likely N-dealkylation sites (tertiary alicyclic amines) is 1. The molecule has 1 fully saturated rings. The number of hydrogen-bond donors (Lipinski definition) is 1. The van der Waals surface area contributed by atoms with Gasteiger partial charge in [0.25, 0.3) is 0 Å². The SMILES string of the molecule is CCCCSCC(=O)N1CCC(CCC(=O)O)C1. The van der Waals surface area contributed by atoms with Crippen LogP contribution in [0.15, 0.2) is 0 Å². The molecule has 1 heterocycles. The van der Waals surface area contributed by atoms with Gasteiger partial charge in [0.05, 0.1) is 5.75 Å². The summed E-state index contributed by atoms with van der Waals surface area (Å²) in [6.45, 7) is 3.70. The van der Waals surface area contributed by atoms with Crippen LogP contribution < -0.4 is 0 Å². The maximum absolute atomic E-state index is 11.9. The lowest BCUT2D eigenvalue weighted by Gasteiger charge is -2.16. The molecule has 1 aliphatic heterocycles. The van der Waals surface area contributed by atoms with Gasteiger partial charge in [0.15, 0.2) is 0 Å². The molecular weight excluding hydrogens is 250 g/mol. The topological polar surface area (TPSA) is 57.6 Å². The molecule has 0 bridgehead atoms. The van der Waals surface area contributed by atoms with E-state index >= 15 is 0 Å². The molecule has 0 radical (unpaired) electrons. The highest BCUT2D eigenvalue weighted by molar-refractivity contribution is 7.99. The van der Waals surface area contributed by atoms with Crippen molar-refractivity contribution >= 4 is 23.6 Å². The molecule has 104 valence electrons. The van der Waals surface area contributed by atoms with Crippen molar-refractivity contribution in [2.75, 3.05) is 24.6 Å². The Morgan fingerprint density at radius 2 is 2.22 bits per heavy atom. The van der Waals surface area contributed by atoms with Crippen LogP contribution in [0.2, 0.25) is 0 Å². The van der Waals surface area contributed by atoms with Crippen molar-refractivity contribution in [2.24, 2.45) is 5.92 Å². The van der Waals surface area contributed by atoms with Crippen molar-refractivity contribution in [1.82, 2.24) is 4.90 Å². The largest absolute Gasteiger partial charge is 0.481 e. The van der Waals surface area contributed by atoms with Crippen LogP contribution >= 0.6 is 11.8 Å². The van der Waals surface area contributed by atoms with E-state index in [1.807, 2.05) is 4.90 Å².